The molecule has 2 aliphatic heterocycles. The Kier molecular flexibility index (Phi) is 12.0. The predicted octanol–water partition coefficient (Wildman–Crippen LogP) is 6.78. The normalized spacial score (nSPS) is 25.1. The molecule has 50 heavy (non-hydrogen) atoms. The van der Waals surface area contributed by atoms with Crippen LogP contribution in [-0.2, 0) is 42.0 Å². The molecule has 5 atom stereocenters. The minimum Gasteiger partial charge on any atom is -0.443 e. The van der Waals surface area contributed by atoms with E-state index in [-0.39, 0.29) is 44.2 Å². The first kappa shape index (κ1) is 39.0. The number of anilines is 1. The molecule has 1 saturated carbocycles. The fraction of sp³-hybridized carbons (Fsp3) is 0.758. The molecular weight excluding hydrogens is 693 g/mol. The smallest absolute Gasteiger partial charge is 0.416 e. The van der Waals surface area contributed by atoms with E-state index in [2.05, 4.69) is 21.6 Å². The average molecular weight is 744 g/mol. The third kappa shape index (κ3) is 7.91. The van der Waals surface area contributed by atoms with Crippen LogP contribution >= 0.6 is 19.2 Å². The highest BCUT2D eigenvalue weighted by molar-refractivity contribution is 7.55. The summed E-state index contributed by atoms with van der Waals surface area (Å²) in [5.41, 5.74) is -0.390. The molecular formula is C33H51ClN5O10P. The number of aromatic nitrogens is 4. The molecule has 0 radical (unpaired) electrons. The summed E-state index contributed by atoms with van der Waals surface area (Å²) in [5, 5.41) is 3.58. The Hall–Kier alpha value is -2.20. The summed E-state index contributed by atoms with van der Waals surface area (Å²) in [7, 11) is -2.40. The van der Waals surface area contributed by atoms with Gasteiger partial charge in [0.2, 0.25) is 5.28 Å². The Bertz CT molecular complexity index is 1550. The number of carbonyl (C=O) groups excluding carboxylic acids is 1. The number of ether oxygens (including phenoxy) is 6. The first-order valence-corrected chi connectivity index (χ1v) is 19.1. The molecule has 1 amide bonds. The van der Waals surface area contributed by atoms with Crippen molar-refractivity contribution in [1.29, 1.82) is 0 Å². The highest BCUT2D eigenvalue weighted by Gasteiger charge is 2.59. The lowest BCUT2D eigenvalue weighted by Crippen LogP contribution is -2.43. The van der Waals surface area contributed by atoms with Gasteiger partial charge in [-0.3, -0.25) is 9.46 Å². The fourth-order valence-electron chi connectivity index (χ4n) is 6.86. The SMILES string of the molecule is C=CCC(COC)(OCC1O[C@@H](n2ncc3c(N(C(=O)OC(C)(C)C)C4CCCC4)nc(Cl)nc32)[C@@H]2OC(C)(C)O[C@H]12)P(=O)(OCC)OCC. The van der Waals surface area contributed by atoms with Crippen molar-refractivity contribution in [2.75, 3.05) is 38.4 Å². The van der Waals surface area contributed by atoms with E-state index in [9.17, 15) is 9.36 Å². The lowest BCUT2D eigenvalue weighted by atomic mass is 10.1. The van der Waals surface area contributed by atoms with Gasteiger partial charge < -0.3 is 37.5 Å². The minimum atomic E-state index is -3.89. The Balaban J connectivity index is 1.51. The van der Waals surface area contributed by atoms with Crippen LogP contribution in [0.25, 0.3) is 11.0 Å². The van der Waals surface area contributed by atoms with Crippen molar-refractivity contribution in [2.45, 2.75) is 128 Å². The second kappa shape index (κ2) is 15.4. The van der Waals surface area contributed by atoms with Crippen LogP contribution in [0, 0.1) is 0 Å². The zero-order chi connectivity index (χ0) is 36.5. The first-order valence-electron chi connectivity index (χ1n) is 17.2. The molecule has 2 unspecified atom stereocenters. The van der Waals surface area contributed by atoms with Gasteiger partial charge in [0.1, 0.15) is 23.9 Å². The molecule has 5 rings (SSSR count). The van der Waals surface area contributed by atoms with Gasteiger partial charge in [-0.05, 0) is 72.9 Å². The van der Waals surface area contributed by atoms with Gasteiger partial charge in [-0.1, -0.05) is 18.9 Å². The highest BCUT2D eigenvalue weighted by Crippen LogP contribution is 2.62. The van der Waals surface area contributed by atoms with Crippen molar-refractivity contribution in [1.82, 2.24) is 19.7 Å². The molecule has 2 aromatic rings. The van der Waals surface area contributed by atoms with E-state index >= 15 is 0 Å². The van der Waals surface area contributed by atoms with Crippen LogP contribution in [0.1, 0.15) is 86.8 Å². The van der Waals surface area contributed by atoms with Gasteiger partial charge in [0.05, 0.1) is 38.0 Å². The van der Waals surface area contributed by atoms with E-state index < -0.39 is 55.0 Å². The molecule has 3 fully saturated rings. The second-order valence-corrected chi connectivity index (χ2v) is 16.7. The van der Waals surface area contributed by atoms with Crippen LogP contribution in [0.2, 0.25) is 5.28 Å². The number of amides is 1. The number of nitrogens with zero attached hydrogens (tertiary/aromatic N) is 5. The maximum Gasteiger partial charge on any atom is 0.416 e. The van der Waals surface area contributed by atoms with Crippen molar-refractivity contribution >= 4 is 42.1 Å². The van der Waals surface area contributed by atoms with E-state index in [0.717, 1.165) is 25.7 Å². The van der Waals surface area contributed by atoms with E-state index in [4.69, 9.17) is 49.1 Å². The van der Waals surface area contributed by atoms with E-state index in [1.807, 2.05) is 34.6 Å². The van der Waals surface area contributed by atoms with Gasteiger partial charge in [-0.15, -0.1) is 6.58 Å². The summed E-state index contributed by atoms with van der Waals surface area (Å²) in [5.74, 6) is -0.662. The number of carbonyl (C=O) groups is 1. The van der Waals surface area contributed by atoms with Gasteiger partial charge >= 0.3 is 13.7 Å². The molecule has 17 heteroatoms. The number of rotatable bonds is 15. The van der Waals surface area contributed by atoms with Crippen LogP contribution < -0.4 is 4.90 Å². The predicted molar refractivity (Wildman–Crippen MR) is 185 cm³/mol. The monoisotopic (exact) mass is 743 g/mol. The van der Waals surface area contributed by atoms with E-state index in [1.165, 1.54) is 7.11 Å². The summed E-state index contributed by atoms with van der Waals surface area (Å²) in [4.78, 5) is 24.3. The summed E-state index contributed by atoms with van der Waals surface area (Å²) in [6, 6.07) is -0.129. The average Bonchev–Trinajstić information content (AvgIpc) is 3.80. The molecule has 15 nitrogen and oxygen atoms in total. The molecule has 4 heterocycles. The van der Waals surface area contributed by atoms with Crippen molar-refractivity contribution in [3.63, 3.8) is 0 Å². The molecule has 0 bridgehead atoms. The molecule has 3 aliphatic rings. The Labute approximate surface area is 298 Å². The van der Waals surface area contributed by atoms with Crippen LogP contribution in [0.15, 0.2) is 18.9 Å². The highest BCUT2D eigenvalue weighted by atomic mass is 35.5. The van der Waals surface area contributed by atoms with Gasteiger partial charge in [0, 0.05) is 19.6 Å². The summed E-state index contributed by atoms with van der Waals surface area (Å²) in [6.07, 6.45) is 3.46. The van der Waals surface area contributed by atoms with Crippen molar-refractivity contribution in [3.05, 3.63) is 24.1 Å². The number of fused-ring (bicyclic) bond motifs is 2. The minimum absolute atomic E-state index is 0.0736. The van der Waals surface area contributed by atoms with Crippen molar-refractivity contribution < 1.29 is 46.8 Å². The summed E-state index contributed by atoms with van der Waals surface area (Å²) in [6.45, 7) is 16.5. The van der Waals surface area contributed by atoms with Crippen LogP contribution in [-0.4, -0.2) is 100 Å². The topological polar surface area (TPSA) is 155 Å². The number of halogens is 1. The summed E-state index contributed by atoms with van der Waals surface area (Å²) >= 11 is 6.56. The van der Waals surface area contributed by atoms with Crippen LogP contribution in [0.5, 0.6) is 0 Å². The van der Waals surface area contributed by atoms with Crippen molar-refractivity contribution in [3.8, 4) is 0 Å². The lowest BCUT2D eigenvalue weighted by Gasteiger charge is -2.38. The van der Waals surface area contributed by atoms with Crippen molar-refractivity contribution in [2.24, 2.45) is 0 Å². The van der Waals surface area contributed by atoms with Gasteiger partial charge in [-0.2, -0.15) is 15.1 Å². The number of methoxy groups -OCH3 is 1. The maximum atomic E-state index is 14.2. The van der Waals surface area contributed by atoms with Gasteiger partial charge in [0.25, 0.3) is 0 Å². The number of hydrogen-bond donors (Lipinski definition) is 0. The quantitative estimate of drug-likeness (QED) is 0.107. The molecule has 1 aliphatic carbocycles. The zero-order valence-corrected chi connectivity index (χ0v) is 31.9. The third-order valence-electron chi connectivity index (χ3n) is 8.73. The fourth-order valence-corrected chi connectivity index (χ4v) is 9.11. The van der Waals surface area contributed by atoms with Crippen LogP contribution in [0.3, 0.4) is 0 Å². The Morgan fingerprint density at radius 3 is 2.42 bits per heavy atom. The van der Waals surface area contributed by atoms with E-state index in [0.29, 0.717) is 16.9 Å². The molecule has 0 N–H and O–H groups in total. The molecule has 2 saturated heterocycles. The second-order valence-electron chi connectivity index (χ2n) is 14.1. The largest absolute Gasteiger partial charge is 0.443 e. The van der Waals surface area contributed by atoms with E-state index in [1.54, 1.807) is 35.7 Å². The molecule has 0 aromatic carbocycles. The molecule has 0 spiro atoms. The molecule has 2 aromatic heterocycles. The number of hydrogen-bond acceptors (Lipinski definition) is 13. The lowest BCUT2D eigenvalue weighted by molar-refractivity contribution is -0.207. The Morgan fingerprint density at radius 2 is 1.82 bits per heavy atom. The maximum absolute atomic E-state index is 14.2. The third-order valence-corrected chi connectivity index (χ3v) is 11.5. The van der Waals surface area contributed by atoms with Gasteiger partial charge in [-0.25, -0.2) is 9.48 Å². The van der Waals surface area contributed by atoms with Crippen LogP contribution in [0.4, 0.5) is 10.6 Å². The summed E-state index contributed by atoms with van der Waals surface area (Å²) < 4.78 is 64.4. The standard InChI is InChI=1S/C33H51ClN5O10P/c1-10-17-33(20-42-9,50(41,44-11-2)45-12-3)43-19-23-24-25(48-32(7,8)47-24)28(46-23)39-27-22(18-35-39)26(36-29(34)37-27)38(21-15-13-14-16-21)30(40)49-31(4,5)6/h10,18,21,23-25,28H,1,11-17,19-20H2,2-9H3/t23?,24-,25-,28-,33?/m1/s1. The zero-order valence-electron chi connectivity index (χ0n) is 30.3. The first-order chi connectivity index (χ1) is 23.6. The van der Waals surface area contributed by atoms with Gasteiger partial charge in [0.15, 0.2) is 28.8 Å². The molecule has 280 valence electrons. The Morgan fingerprint density at radius 1 is 1.16 bits per heavy atom.